The lowest BCUT2D eigenvalue weighted by Gasteiger charge is -2.17. The number of halogens is 1. The van der Waals surface area contributed by atoms with E-state index in [2.05, 4.69) is 38.9 Å². The van der Waals surface area contributed by atoms with Crippen LogP contribution < -0.4 is 0 Å². The number of rotatable bonds is 1. The molecule has 2 heterocycles. The molecule has 2 rings (SSSR count). The first kappa shape index (κ1) is 9.59. The predicted octanol–water partition coefficient (Wildman–Crippen LogP) is 3.09. The summed E-state index contributed by atoms with van der Waals surface area (Å²) in [7, 11) is 0. The van der Waals surface area contributed by atoms with E-state index in [1.807, 2.05) is 31.2 Å². The van der Waals surface area contributed by atoms with Gasteiger partial charge in [-0.05, 0) is 54.1 Å². The third-order valence-electron chi connectivity index (χ3n) is 2.29. The van der Waals surface area contributed by atoms with Gasteiger partial charge in [-0.25, -0.2) is 4.98 Å². The van der Waals surface area contributed by atoms with Crippen LogP contribution in [0, 0.1) is 0 Å². The molecule has 0 bridgehead atoms. The van der Waals surface area contributed by atoms with Gasteiger partial charge in [0.05, 0.1) is 5.69 Å². The van der Waals surface area contributed by atoms with E-state index in [1.165, 1.54) is 0 Å². The lowest BCUT2D eigenvalue weighted by molar-refractivity contribution is 0.619. The topological polar surface area (TPSA) is 25.2 Å². The van der Waals surface area contributed by atoms with Gasteiger partial charge in [0.1, 0.15) is 10.1 Å². The summed E-state index contributed by atoms with van der Waals surface area (Å²) in [5.74, 6) is 0. The molecule has 0 saturated carbocycles. The van der Waals surface area contributed by atoms with E-state index in [0.717, 1.165) is 16.0 Å². The lowest BCUT2D eigenvalue weighted by Crippen LogP contribution is -2.15. The molecule has 0 radical (unpaired) electrons. The van der Waals surface area contributed by atoms with Gasteiger partial charge in [0.15, 0.2) is 0 Å². The summed E-state index contributed by atoms with van der Waals surface area (Å²) in [6.07, 6.45) is 4.11. The second-order valence-corrected chi connectivity index (χ2v) is 4.39. The number of aromatic nitrogens is 1. The van der Waals surface area contributed by atoms with Crippen LogP contribution >= 0.6 is 15.9 Å². The minimum absolute atomic E-state index is 0.284. The Balaban J connectivity index is 2.46. The Morgan fingerprint density at radius 2 is 2.14 bits per heavy atom. The van der Waals surface area contributed by atoms with Crippen LogP contribution in [0.4, 0.5) is 0 Å². The maximum atomic E-state index is 4.55. The highest BCUT2D eigenvalue weighted by atomic mass is 79.9. The van der Waals surface area contributed by atoms with Crippen LogP contribution in [-0.2, 0) is 5.54 Å². The Hall–Kier alpha value is -0.960. The average molecular weight is 251 g/mol. The zero-order chi connectivity index (χ0) is 10.2. The van der Waals surface area contributed by atoms with Gasteiger partial charge in [0.25, 0.3) is 0 Å². The highest BCUT2D eigenvalue weighted by molar-refractivity contribution is 9.10. The zero-order valence-electron chi connectivity index (χ0n) is 8.16. The van der Waals surface area contributed by atoms with Crippen LogP contribution in [-0.4, -0.2) is 10.7 Å². The van der Waals surface area contributed by atoms with Gasteiger partial charge in [-0.3, -0.25) is 4.99 Å². The highest BCUT2D eigenvalue weighted by Gasteiger charge is 2.27. The summed E-state index contributed by atoms with van der Waals surface area (Å²) in [6.45, 7) is 4.06. The van der Waals surface area contributed by atoms with Crippen molar-refractivity contribution in [1.82, 2.24) is 4.98 Å². The Labute approximate surface area is 91.9 Å². The van der Waals surface area contributed by atoms with Crippen molar-refractivity contribution in [3.8, 4) is 0 Å². The Bertz CT molecular complexity index is 423. The first-order valence-corrected chi connectivity index (χ1v) is 5.28. The molecule has 0 amide bonds. The quantitative estimate of drug-likeness (QED) is 0.704. The Morgan fingerprint density at radius 3 is 2.71 bits per heavy atom. The second-order valence-electron chi connectivity index (χ2n) is 3.58. The zero-order valence-corrected chi connectivity index (χ0v) is 9.75. The van der Waals surface area contributed by atoms with Crippen LogP contribution in [0.5, 0.6) is 0 Å². The van der Waals surface area contributed by atoms with Gasteiger partial charge in [-0.15, -0.1) is 0 Å². The fraction of sp³-hybridized carbons (Fsp3) is 0.273. The largest absolute Gasteiger partial charge is 0.273 e. The van der Waals surface area contributed by atoms with E-state index in [0.29, 0.717) is 0 Å². The number of nitrogens with zero attached hydrogens (tertiary/aromatic N) is 2. The third-order valence-corrected chi connectivity index (χ3v) is 2.73. The van der Waals surface area contributed by atoms with E-state index in [4.69, 9.17) is 0 Å². The van der Waals surface area contributed by atoms with Crippen LogP contribution in [0.1, 0.15) is 19.5 Å². The van der Waals surface area contributed by atoms with Crippen LogP contribution in [0.15, 0.2) is 39.9 Å². The van der Waals surface area contributed by atoms with Gasteiger partial charge in [0, 0.05) is 5.71 Å². The van der Waals surface area contributed by atoms with Crippen molar-refractivity contribution in [2.24, 2.45) is 4.99 Å². The number of aliphatic imine (C=N–C) groups is 1. The van der Waals surface area contributed by atoms with Crippen LogP contribution in [0.3, 0.4) is 0 Å². The number of hydrogen-bond acceptors (Lipinski definition) is 2. The molecule has 0 spiro atoms. The first-order valence-electron chi connectivity index (χ1n) is 4.49. The van der Waals surface area contributed by atoms with Crippen molar-refractivity contribution in [3.05, 3.63) is 40.6 Å². The van der Waals surface area contributed by atoms with Crippen molar-refractivity contribution >= 4 is 21.6 Å². The molecule has 1 aliphatic heterocycles. The van der Waals surface area contributed by atoms with Crippen molar-refractivity contribution in [1.29, 1.82) is 0 Å². The standard InChI is InChI=1S/C11H11BrN2/c1-8-6-7-11(2,14-8)9-4-3-5-10(12)13-9/h3-7H,1-2H3. The summed E-state index contributed by atoms with van der Waals surface area (Å²) < 4.78 is 0.851. The highest BCUT2D eigenvalue weighted by Crippen LogP contribution is 2.30. The molecule has 1 aliphatic rings. The van der Waals surface area contributed by atoms with E-state index >= 15 is 0 Å². The summed E-state index contributed by atoms with van der Waals surface area (Å²) in [5.41, 5.74) is 1.74. The minimum atomic E-state index is -0.284. The van der Waals surface area contributed by atoms with Crippen molar-refractivity contribution in [2.75, 3.05) is 0 Å². The number of hydrogen-bond donors (Lipinski definition) is 0. The SMILES string of the molecule is CC1=NC(C)(c2cccc(Br)n2)C=C1. The lowest BCUT2D eigenvalue weighted by atomic mass is 9.99. The molecule has 1 aromatic rings. The molecule has 3 heteroatoms. The summed E-state index contributed by atoms with van der Waals surface area (Å²) in [6, 6.07) is 5.90. The average Bonchev–Trinajstić information content (AvgIpc) is 2.48. The minimum Gasteiger partial charge on any atom is -0.273 e. The van der Waals surface area contributed by atoms with Crippen molar-refractivity contribution in [2.45, 2.75) is 19.4 Å². The van der Waals surface area contributed by atoms with Gasteiger partial charge in [0.2, 0.25) is 0 Å². The molecule has 0 fully saturated rings. The van der Waals surface area contributed by atoms with E-state index in [-0.39, 0.29) is 5.54 Å². The monoisotopic (exact) mass is 250 g/mol. The summed E-state index contributed by atoms with van der Waals surface area (Å²) in [4.78, 5) is 8.97. The fourth-order valence-electron chi connectivity index (χ4n) is 1.56. The molecule has 14 heavy (non-hydrogen) atoms. The number of allylic oxidation sites excluding steroid dienone is 1. The second kappa shape index (κ2) is 3.31. The van der Waals surface area contributed by atoms with E-state index in [1.54, 1.807) is 0 Å². The molecular weight excluding hydrogens is 240 g/mol. The van der Waals surface area contributed by atoms with E-state index < -0.39 is 0 Å². The Kier molecular flexibility index (Phi) is 2.27. The van der Waals surface area contributed by atoms with Crippen LogP contribution in [0.2, 0.25) is 0 Å². The fourth-order valence-corrected chi connectivity index (χ4v) is 1.90. The first-order chi connectivity index (χ1) is 6.60. The molecule has 1 unspecified atom stereocenters. The molecule has 72 valence electrons. The van der Waals surface area contributed by atoms with Crippen molar-refractivity contribution < 1.29 is 0 Å². The van der Waals surface area contributed by atoms with E-state index in [9.17, 15) is 0 Å². The smallest absolute Gasteiger partial charge is 0.118 e. The molecular formula is C11H11BrN2. The normalized spacial score (nSPS) is 25.2. The molecule has 1 atom stereocenters. The van der Waals surface area contributed by atoms with Crippen LogP contribution in [0.25, 0.3) is 0 Å². The molecule has 0 aliphatic carbocycles. The molecule has 0 saturated heterocycles. The predicted molar refractivity (Wildman–Crippen MR) is 61.5 cm³/mol. The number of pyridine rings is 1. The summed E-state index contributed by atoms with van der Waals surface area (Å²) >= 11 is 3.36. The molecule has 0 aromatic carbocycles. The molecule has 2 nitrogen and oxygen atoms in total. The van der Waals surface area contributed by atoms with Gasteiger partial charge in [-0.1, -0.05) is 6.07 Å². The maximum absolute atomic E-state index is 4.55. The molecule has 1 aromatic heterocycles. The summed E-state index contributed by atoms with van der Waals surface area (Å²) in [5, 5.41) is 0. The van der Waals surface area contributed by atoms with Gasteiger partial charge in [-0.2, -0.15) is 0 Å². The third kappa shape index (κ3) is 1.64. The van der Waals surface area contributed by atoms with Crippen molar-refractivity contribution in [3.63, 3.8) is 0 Å². The maximum Gasteiger partial charge on any atom is 0.118 e. The molecule has 0 N–H and O–H groups in total. The van der Waals surface area contributed by atoms with Gasteiger partial charge < -0.3 is 0 Å². The van der Waals surface area contributed by atoms with Gasteiger partial charge >= 0.3 is 0 Å². The Morgan fingerprint density at radius 1 is 1.36 bits per heavy atom.